The second-order valence-corrected chi connectivity index (χ2v) is 9.10. The number of benzene rings is 2. The first-order valence-corrected chi connectivity index (χ1v) is 12.5. The van der Waals surface area contributed by atoms with Crippen LogP contribution in [-0.4, -0.2) is 42.0 Å². The van der Waals surface area contributed by atoms with Crippen molar-refractivity contribution in [1.29, 1.82) is 0 Å². The number of nitro groups is 1. The minimum absolute atomic E-state index is 0.144. The molecule has 1 aliphatic rings. The first-order chi connectivity index (χ1) is 16.5. The van der Waals surface area contributed by atoms with Crippen molar-refractivity contribution in [2.45, 2.75) is 71.3 Å². The molecular formula is C27H37N3O4. The summed E-state index contributed by atoms with van der Waals surface area (Å²) in [6, 6.07) is 11.1. The maximum atomic E-state index is 12.2. The summed E-state index contributed by atoms with van der Waals surface area (Å²) in [5.41, 5.74) is 4.06. The van der Waals surface area contributed by atoms with E-state index in [9.17, 15) is 14.9 Å². The Hall–Kier alpha value is -2.93. The Kier molecular flexibility index (Phi) is 9.45. The first-order valence-electron chi connectivity index (χ1n) is 12.5. The molecule has 0 aromatic heterocycles. The van der Waals surface area contributed by atoms with E-state index in [1.165, 1.54) is 68.9 Å². The molecule has 1 aliphatic carbocycles. The Morgan fingerprint density at radius 1 is 1.03 bits per heavy atom. The van der Waals surface area contributed by atoms with Crippen molar-refractivity contribution in [3.8, 4) is 0 Å². The monoisotopic (exact) mass is 467 g/mol. The molecule has 2 aromatic carbocycles. The number of esters is 1. The lowest BCUT2D eigenvalue weighted by Crippen LogP contribution is -2.37. The van der Waals surface area contributed by atoms with E-state index in [4.69, 9.17) is 4.74 Å². The van der Waals surface area contributed by atoms with E-state index in [1.54, 1.807) is 6.07 Å². The quantitative estimate of drug-likeness (QED) is 0.162. The number of rotatable bonds is 13. The number of hydrogen-bond acceptors (Lipinski definition) is 6. The number of nitrogens with zero attached hydrogens (tertiary/aromatic N) is 2. The molecule has 0 saturated heterocycles. The van der Waals surface area contributed by atoms with Gasteiger partial charge in [0.15, 0.2) is 0 Å². The van der Waals surface area contributed by atoms with Gasteiger partial charge in [0.05, 0.1) is 23.3 Å². The highest BCUT2D eigenvalue weighted by Gasteiger charge is 2.27. The fourth-order valence-corrected chi connectivity index (χ4v) is 4.73. The minimum Gasteiger partial charge on any atom is -0.465 e. The number of carbonyl (C=O) groups is 1. The van der Waals surface area contributed by atoms with Crippen molar-refractivity contribution in [3.05, 3.63) is 63.2 Å². The summed E-state index contributed by atoms with van der Waals surface area (Å²) in [6.45, 7) is 6.81. The molecule has 3 rings (SSSR count). The molecule has 2 aromatic rings. The summed E-state index contributed by atoms with van der Waals surface area (Å²) >= 11 is 0. The predicted octanol–water partition coefficient (Wildman–Crippen LogP) is 6.27. The third-order valence-corrected chi connectivity index (χ3v) is 6.63. The lowest BCUT2D eigenvalue weighted by atomic mass is 10.1. The number of ether oxygens (including phenoxy) is 1. The zero-order valence-electron chi connectivity index (χ0n) is 20.6. The standard InChI is InChI=1S/C27H37N3O4/c1-4-6-8-14-29(15-9-7-5-2)24-17-20-10-11-22(16-21(20)18-24)28-26-13-12-23(30(32)33)19-25(26)27(31)34-3/h10-13,16,19,24,28H,4-9,14-15,17-18H2,1-3H3. The number of nitrogens with one attached hydrogen (secondary N) is 1. The van der Waals surface area contributed by atoms with Gasteiger partial charge in [-0.1, -0.05) is 45.6 Å². The van der Waals surface area contributed by atoms with Crippen LogP contribution in [0.5, 0.6) is 0 Å². The van der Waals surface area contributed by atoms with Gasteiger partial charge in [-0.2, -0.15) is 0 Å². The highest BCUT2D eigenvalue weighted by Crippen LogP contribution is 2.31. The molecule has 0 radical (unpaired) electrons. The van der Waals surface area contributed by atoms with Crippen LogP contribution in [0.2, 0.25) is 0 Å². The Labute approximate surface area is 202 Å². The number of carbonyl (C=O) groups excluding carboxylic acids is 1. The molecule has 1 unspecified atom stereocenters. The molecule has 1 N–H and O–H groups in total. The van der Waals surface area contributed by atoms with Gasteiger partial charge >= 0.3 is 5.97 Å². The molecule has 0 fully saturated rings. The largest absolute Gasteiger partial charge is 0.465 e. The van der Waals surface area contributed by atoms with Gasteiger partial charge in [0.1, 0.15) is 0 Å². The van der Waals surface area contributed by atoms with Crippen molar-refractivity contribution in [1.82, 2.24) is 4.90 Å². The van der Waals surface area contributed by atoms with Crippen LogP contribution in [0.25, 0.3) is 0 Å². The molecule has 0 amide bonds. The third kappa shape index (κ3) is 6.56. The van der Waals surface area contributed by atoms with Gasteiger partial charge in [0, 0.05) is 23.9 Å². The maximum absolute atomic E-state index is 12.2. The van der Waals surface area contributed by atoms with Gasteiger partial charge < -0.3 is 10.1 Å². The number of anilines is 2. The zero-order chi connectivity index (χ0) is 24.5. The highest BCUT2D eigenvalue weighted by molar-refractivity contribution is 5.97. The van der Waals surface area contributed by atoms with Gasteiger partial charge in [-0.25, -0.2) is 4.79 Å². The number of unbranched alkanes of at least 4 members (excludes halogenated alkanes) is 4. The van der Waals surface area contributed by atoms with Crippen LogP contribution in [0.1, 0.15) is 73.9 Å². The summed E-state index contributed by atoms with van der Waals surface area (Å²) in [6.07, 6.45) is 9.60. The average Bonchev–Trinajstić information content (AvgIpc) is 3.26. The summed E-state index contributed by atoms with van der Waals surface area (Å²) in [5.74, 6) is -0.609. The van der Waals surface area contributed by atoms with Crippen LogP contribution >= 0.6 is 0 Å². The summed E-state index contributed by atoms with van der Waals surface area (Å²) in [5, 5.41) is 14.4. The fraction of sp³-hybridized carbons (Fsp3) is 0.519. The van der Waals surface area contributed by atoms with Crippen molar-refractivity contribution in [3.63, 3.8) is 0 Å². The molecule has 0 spiro atoms. The van der Waals surface area contributed by atoms with E-state index in [0.29, 0.717) is 11.7 Å². The number of nitro benzene ring substituents is 1. The average molecular weight is 468 g/mol. The molecule has 34 heavy (non-hydrogen) atoms. The van der Waals surface area contributed by atoms with Crippen LogP contribution < -0.4 is 5.32 Å². The molecular weight excluding hydrogens is 430 g/mol. The second kappa shape index (κ2) is 12.5. The van der Waals surface area contributed by atoms with Crippen LogP contribution in [0, 0.1) is 10.1 Å². The van der Waals surface area contributed by atoms with E-state index >= 15 is 0 Å². The molecule has 0 saturated carbocycles. The lowest BCUT2D eigenvalue weighted by Gasteiger charge is -2.29. The van der Waals surface area contributed by atoms with Gasteiger partial charge in [0.2, 0.25) is 0 Å². The Bertz CT molecular complexity index is 982. The molecule has 0 aliphatic heterocycles. The predicted molar refractivity (Wildman–Crippen MR) is 136 cm³/mol. The van der Waals surface area contributed by atoms with E-state index in [2.05, 4.69) is 36.2 Å². The van der Waals surface area contributed by atoms with Crippen molar-refractivity contribution < 1.29 is 14.5 Å². The molecule has 7 nitrogen and oxygen atoms in total. The topological polar surface area (TPSA) is 84.7 Å². The number of hydrogen-bond donors (Lipinski definition) is 1. The van der Waals surface area contributed by atoms with Crippen LogP contribution in [0.15, 0.2) is 36.4 Å². The summed E-state index contributed by atoms with van der Waals surface area (Å²) in [4.78, 5) is 25.5. The molecule has 0 bridgehead atoms. The van der Waals surface area contributed by atoms with Gasteiger partial charge in [-0.05, 0) is 68.1 Å². The second-order valence-electron chi connectivity index (χ2n) is 9.10. The third-order valence-electron chi connectivity index (χ3n) is 6.63. The maximum Gasteiger partial charge on any atom is 0.340 e. The van der Waals surface area contributed by atoms with E-state index in [-0.39, 0.29) is 11.3 Å². The SMILES string of the molecule is CCCCCN(CCCCC)C1Cc2ccc(Nc3ccc([N+](=O)[O-])cc3C(=O)OC)cc2C1. The summed E-state index contributed by atoms with van der Waals surface area (Å²) < 4.78 is 4.84. The fourth-order valence-electron chi connectivity index (χ4n) is 4.73. The van der Waals surface area contributed by atoms with Gasteiger partial charge in [0.25, 0.3) is 5.69 Å². The first kappa shape index (κ1) is 25.7. The summed E-state index contributed by atoms with van der Waals surface area (Å²) in [7, 11) is 1.27. The molecule has 184 valence electrons. The van der Waals surface area contributed by atoms with Crippen LogP contribution in [0.3, 0.4) is 0 Å². The Balaban J connectivity index is 1.75. The molecule has 0 heterocycles. The lowest BCUT2D eigenvalue weighted by molar-refractivity contribution is -0.384. The molecule has 7 heteroatoms. The van der Waals surface area contributed by atoms with Crippen LogP contribution in [0.4, 0.5) is 17.1 Å². The normalized spacial score (nSPS) is 14.8. The number of methoxy groups -OCH3 is 1. The Morgan fingerprint density at radius 3 is 2.32 bits per heavy atom. The van der Waals surface area contributed by atoms with Gasteiger partial charge in [-0.3, -0.25) is 15.0 Å². The number of non-ortho nitro benzene ring substituents is 1. The van der Waals surface area contributed by atoms with E-state index < -0.39 is 10.9 Å². The van der Waals surface area contributed by atoms with E-state index in [0.717, 1.165) is 31.6 Å². The van der Waals surface area contributed by atoms with Crippen molar-refractivity contribution in [2.24, 2.45) is 0 Å². The molecule has 1 atom stereocenters. The van der Waals surface area contributed by atoms with Crippen molar-refractivity contribution >= 4 is 23.0 Å². The highest BCUT2D eigenvalue weighted by atomic mass is 16.6. The smallest absolute Gasteiger partial charge is 0.340 e. The van der Waals surface area contributed by atoms with Gasteiger partial charge in [-0.15, -0.1) is 0 Å². The zero-order valence-corrected chi connectivity index (χ0v) is 20.6. The Morgan fingerprint density at radius 2 is 1.71 bits per heavy atom. The van der Waals surface area contributed by atoms with E-state index in [1.807, 2.05) is 6.07 Å². The number of fused-ring (bicyclic) bond motifs is 1. The van der Waals surface area contributed by atoms with Crippen LogP contribution in [-0.2, 0) is 17.6 Å². The minimum atomic E-state index is -0.609. The van der Waals surface area contributed by atoms with Crippen molar-refractivity contribution in [2.75, 3.05) is 25.5 Å².